The minimum Gasteiger partial charge on any atom is -0.493 e. The standard InChI is InChI=1S/C20H23NO4/c1-4-24-17-9-7-6-8-15(17)10-13-20(22)21-16-11-12-18(25-5-2)19(14-16)23-3/h6-14H,4-5H2,1-3H3,(H,21,22)/b13-10+. The Hall–Kier alpha value is -2.95. The van der Waals surface area contributed by atoms with Gasteiger partial charge in [0.1, 0.15) is 5.75 Å². The van der Waals surface area contributed by atoms with Crippen molar-refractivity contribution in [3.05, 3.63) is 54.1 Å². The van der Waals surface area contributed by atoms with E-state index in [9.17, 15) is 4.79 Å². The number of carbonyl (C=O) groups excluding carboxylic acids is 1. The molecule has 2 aromatic rings. The Morgan fingerprint density at radius 1 is 1.00 bits per heavy atom. The number of nitrogens with one attached hydrogen (secondary N) is 1. The van der Waals surface area contributed by atoms with Gasteiger partial charge in [0.15, 0.2) is 11.5 Å². The lowest BCUT2D eigenvalue weighted by atomic mass is 10.2. The molecule has 1 N–H and O–H groups in total. The zero-order chi connectivity index (χ0) is 18.1. The van der Waals surface area contributed by atoms with Gasteiger partial charge < -0.3 is 19.5 Å². The molecule has 25 heavy (non-hydrogen) atoms. The quantitative estimate of drug-likeness (QED) is 0.733. The Labute approximate surface area is 148 Å². The van der Waals surface area contributed by atoms with Crippen molar-refractivity contribution in [3.8, 4) is 17.2 Å². The molecule has 0 bridgehead atoms. The summed E-state index contributed by atoms with van der Waals surface area (Å²) < 4.78 is 16.3. The van der Waals surface area contributed by atoms with E-state index in [1.165, 1.54) is 6.08 Å². The van der Waals surface area contributed by atoms with E-state index in [1.807, 2.05) is 38.1 Å². The molecule has 0 radical (unpaired) electrons. The van der Waals surface area contributed by atoms with Gasteiger partial charge in [-0.15, -0.1) is 0 Å². The molecule has 0 heterocycles. The fourth-order valence-electron chi connectivity index (χ4n) is 2.27. The lowest BCUT2D eigenvalue weighted by Gasteiger charge is -2.11. The van der Waals surface area contributed by atoms with Crippen molar-refractivity contribution < 1.29 is 19.0 Å². The first kappa shape index (κ1) is 18.4. The van der Waals surface area contributed by atoms with Crippen LogP contribution in [0.25, 0.3) is 6.08 Å². The molecule has 2 aromatic carbocycles. The van der Waals surface area contributed by atoms with Crippen molar-refractivity contribution in [2.24, 2.45) is 0 Å². The largest absolute Gasteiger partial charge is 0.493 e. The van der Waals surface area contributed by atoms with Crippen molar-refractivity contribution in [1.82, 2.24) is 0 Å². The number of methoxy groups -OCH3 is 1. The lowest BCUT2D eigenvalue weighted by Crippen LogP contribution is -2.08. The van der Waals surface area contributed by atoms with Gasteiger partial charge in [-0.3, -0.25) is 4.79 Å². The topological polar surface area (TPSA) is 56.8 Å². The number of ether oxygens (including phenoxy) is 3. The molecule has 0 fully saturated rings. The van der Waals surface area contributed by atoms with Gasteiger partial charge in [0.2, 0.25) is 5.91 Å². The highest BCUT2D eigenvalue weighted by Gasteiger charge is 2.07. The summed E-state index contributed by atoms with van der Waals surface area (Å²) in [7, 11) is 1.56. The van der Waals surface area contributed by atoms with Gasteiger partial charge in [-0.2, -0.15) is 0 Å². The average Bonchev–Trinajstić information content (AvgIpc) is 2.62. The molecule has 2 rings (SSSR count). The maximum Gasteiger partial charge on any atom is 0.248 e. The normalized spacial score (nSPS) is 10.5. The zero-order valence-corrected chi connectivity index (χ0v) is 14.7. The molecule has 0 unspecified atom stereocenters. The monoisotopic (exact) mass is 341 g/mol. The highest BCUT2D eigenvalue weighted by Crippen LogP contribution is 2.30. The van der Waals surface area contributed by atoms with Gasteiger partial charge in [0.25, 0.3) is 0 Å². The Bertz CT molecular complexity index is 740. The predicted octanol–water partition coefficient (Wildman–Crippen LogP) is 4.14. The van der Waals surface area contributed by atoms with Crippen LogP contribution in [0, 0.1) is 0 Å². The van der Waals surface area contributed by atoms with E-state index in [0.717, 1.165) is 11.3 Å². The maximum atomic E-state index is 12.2. The first-order valence-electron chi connectivity index (χ1n) is 8.19. The molecule has 0 spiro atoms. The molecular formula is C20H23NO4. The van der Waals surface area contributed by atoms with E-state index in [1.54, 1.807) is 31.4 Å². The van der Waals surface area contributed by atoms with Crippen LogP contribution in [0.4, 0.5) is 5.69 Å². The highest BCUT2D eigenvalue weighted by molar-refractivity contribution is 6.02. The third kappa shape index (κ3) is 5.28. The average molecular weight is 341 g/mol. The summed E-state index contributed by atoms with van der Waals surface area (Å²) in [6.45, 7) is 4.94. The summed E-state index contributed by atoms with van der Waals surface area (Å²) in [5, 5.41) is 2.81. The summed E-state index contributed by atoms with van der Waals surface area (Å²) in [4.78, 5) is 12.2. The molecular weight excluding hydrogens is 318 g/mol. The molecule has 0 saturated carbocycles. The van der Waals surface area contributed by atoms with Gasteiger partial charge in [0.05, 0.1) is 20.3 Å². The molecule has 5 nitrogen and oxygen atoms in total. The molecule has 1 amide bonds. The van der Waals surface area contributed by atoms with Crippen LogP contribution in [0.15, 0.2) is 48.5 Å². The van der Waals surface area contributed by atoms with E-state index in [4.69, 9.17) is 14.2 Å². The summed E-state index contributed by atoms with van der Waals surface area (Å²) in [5.41, 5.74) is 1.48. The van der Waals surface area contributed by atoms with Crippen molar-refractivity contribution in [3.63, 3.8) is 0 Å². The molecule has 0 aliphatic heterocycles. The number of benzene rings is 2. The van der Waals surface area contributed by atoms with E-state index >= 15 is 0 Å². The lowest BCUT2D eigenvalue weighted by molar-refractivity contribution is -0.111. The van der Waals surface area contributed by atoms with Gasteiger partial charge in [-0.1, -0.05) is 18.2 Å². The van der Waals surface area contributed by atoms with Crippen LogP contribution >= 0.6 is 0 Å². The Morgan fingerprint density at radius 2 is 1.72 bits per heavy atom. The van der Waals surface area contributed by atoms with Crippen LogP contribution in [-0.2, 0) is 4.79 Å². The molecule has 0 aromatic heterocycles. The number of para-hydroxylation sites is 1. The highest BCUT2D eigenvalue weighted by atomic mass is 16.5. The van der Waals surface area contributed by atoms with E-state index in [0.29, 0.717) is 30.4 Å². The zero-order valence-electron chi connectivity index (χ0n) is 14.7. The molecule has 5 heteroatoms. The Kier molecular flexibility index (Phi) is 6.89. The van der Waals surface area contributed by atoms with Crippen LogP contribution in [0.3, 0.4) is 0 Å². The van der Waals surface area contributed by atoms with E-state index in [2.05, 4.69) is 5.32 Å². The number of anilines is 1. The number of rotatable bonds is 8. The fourth-order valence-corrected chi connectivity index (χ4v) is 2.27. The Morgan fingerprint density at radius 3 is 2.44 bits per heavy atom. The van der Waals surface area contributed by atoms with Crippen LogP contribution < -0.4 is 19.5 Å². The summed E-state index contributed by atoms with van der Waals surface area (Å²) in [5.74, 6) is 1.73. The third-order valence-corrected chi connectivity index (χ3v) is 3.36. The van der Waals surface area contributed by atoms with Crippen molar-refractivity contribution in [2.75, 3.05) is 25.6 Å². The van der Waals surface area contributed by atoms with Crippen LogP contribution in [0.2, 0.25) is 0 Å². The third-order valence-electron chi connectivity index (χ3n) is 3.36. The molecule has 0 atom stereocenters. The van der Waals surface area contributed by atoms with Gasteiger partial charge in [0, 0.05) is 23.4 Å². The molecule has 132 valence electrons. The maximum absolute atomic E-state index is 12.2. The predicted molar refractivity (Wildman–Crippen MR) is 99.4 cm³/mol. The first-order valence-corrected chi connectivity index (χ1v) is 8.19. The summed E-state index contributed by atoms with van der Waals surface area (Å²) >= 11 is 0. The van der Waals surface area contributed by atoms with Gasteiger partial charge in [-0.05, 0) is 38.1 Å². The molecule has 0 saturated heterocycles. The number of hydrogen-bond donors (Lipinski definition) is 1. The second kappa shape index (κ2) is 9.37. The fraction of sp³-hybridized carbons (Fsp3) is 0.250. The number of carbonyl (C=O) groups is 1. The van der Waals surface area contributed by atoms with Crippen LogP contribution in [0.5, 0.6) is 17.2 Å². The van der Waals surface area contributed by atoms with Crippen molar-refractivity contribution in [1.29, 1.82) is 0 Å². The Balaban J connectivity index is 2.07. The van der Waals surface area contributed by atoms with Crippen molar-refractivity contribution >= 4 is 17.7 Å². The van der Waals surface area contributed by atoms with Gasteiger partial charge >= 0.3 is 0 Å². The second-order valence-corrected chi connectivity index (χ2v) is 5.09. The first-order chi connectivity index (χ1) is 12.2. The summed E-state index contributed by atoms with van der Waals surface area (Å²) in [6.07, 6.45) is 3.20. The van der Waals surface area contributed by atoms with Crippen molar-refractivity contribution in [2.45, 2.75) is 13.8 Å². The smallest absolute Gasteiger partial charge is 0.248 e. The number of hydrogen-bond acceptors (Lipinski definition) is 4. The second-order valence-electron chi connectivity index (χ2n) is 5.09. The van der Waals surface area contributed by atoms with Crippen LogP contribution in [0.1, 0.15) is 19.4 Å². The van der Waals surface area contributed by atoms with Crippen LogP contribution in [-0.4, -0.2) is 26.2 Å². The molecule has 0 aliphatic carbocycles. The van der Waals surface area contributed by atoms with E-state index in [-0.39, 0.29) is 5.91 Å². The van der Waals surface area contributed by atoms with Gasteiger partial charge in [-0.25, -0.2) is 0 Å². The SMILES string of the molecule is CCOc1ccccc1/C=C/C(=O)Nc1ccc(OCC)c(OC)c1. The number of amides is 1. The summed E-state index contributed by atoms with van der Waals surface area (Å²) in [6, 6.07) is 12.8. The molecule has 0 aliphatic rings. The van der Waals surface area contributed by atoms with E-state index < -0.39 is 0 Å². The minimum atomic E-state index is -0.238. The minimum absolute atomic E-state index is 0.238.